The highest BCUT2D eigenvalue weighted by Crippen LogP contribution is 2.19. The van der Waals surface area contributed by atoms with Crippen LogP contribution in [0.1, 0.15) is 15.9 Å². The van der Waals surface area contributed by atoms with Gasteiger partial charge in [0, 0.05) is 18.1 Å². The average Bonchev–Trinajstić information content (AvgIpc) is 2.81. The third kappa shape index (κ3) is 2.65. The molecule has 0 bridgehead atoms. The van der Waals surface area contributed by atoms with E-state index in [1.54, 1.807) is 11.3 Å². The predicted octanol–water partition coefficient (Wildman–Crippen LogP) is 3.35. The summed E-state index contributed by atoms with van der Waals surface area (Å²) in [4.78, 5) is 12.1. The molecule has 0 saturated heterocycles. The second kappa shape index (κ2) is 5.01. The second-order valence-corrected chi connectivity index (χ2v) is 4.55. The zero-order chi connectivity index (χ0) is 12.3. The molecule has 0 atom stereocenters. The van der Waals surface area contributed by atoms with E-state index in [4.69, 9.17) is 0 Å². The lowest BCUT2D eigenvalue weighted by molar-refractivity contribution is 0.102. The normalized spacial score (nSPS) is 10.0. The van der Waals surface area contributed by atoms with Crippen LogP contribution in [-0.2, 0) is 0 Å². The summed E-state index contributed by atoms with van der Waals surface area (Å²) in [5, 5.41) is 9.74. The van der Waals surface area contributed by atoms with Gasteiger partial charge in [-0.1, -0.05) is 11.6 Å². The minimum Gasteiger partial charge on any atom is -0.387 e. The monoisotopic (exact) mass is 246 g/mol. The van der Waals surface area contributed by atoms with Crippen molar-refractivity contribution >= 4 is 28.6 Å². The lowest BCUT2D eigenvalue weighted by Crippen LogP contribution is -2.13. The number of anilines is 2. The van der Waals surface area contributed by atoms with E-state index in [9.17, 15) is 4.79 Å². The number of rotatable bonds is 3. The number of hydrogen-bond acceptors (Lipinski definition) is 3. The molecule has 3 nitrogen and oxygen atoms in total. The third-order valence-corrected chi connectivity index (χ3v) is 3.15. The largest absolute Gasteiger partial charge is 0.387 e. The number of nitrogens with one attached hydrogen (secondary N) is 2. The number of aryl methyl sites for hydroxylation is 1. The number of hydrogen-bond donors (Lipinski definition) is 2. The van der Waals surface area contributed by atoms with Crippen LogP contribution in [0.2, 0.25) is 0 Å². The topological polar surface area (TPSA) is 41.1 Å². The van der Waals surface area contributed by atoms with Crippen molar-refractivity contribution in [2.75, 3.05) is 17.7 Å². The molecule has 4 heteroatoms. The Morgan fingerprint density at radius 3 is 2.76 bits per heavy atom. The van der Waals surface area contributed by atoms with Crippen molar-refractivity contribution in [1.29, 1.82) is 0 Å². The van der Waals surface area contributed by atoms with Crippen molar-refractivity contribution in [3.05, 3.63) is 46.2 Å². The van der Waals surface area contributed by atoms with Crippen molar-refractivity contribution in [2.45, 2.75) is 6.92 Å². The Morgan fingerprint density at radius 2 is 2.12 bits per heavy atom. The quantitative estimate of drug-likeness (QED) is 0.872. The summed E-state index contributed by atoms with van der Waals surface area (Å²) < 4.78 is 0. The Kier molecular flexibility index (Phi) is 3.44. The molecule has 0 spiro atoms. The number of benzene rings is 1. The molecule has 2 rings (SSSR count). The van der Waals surface area contributed by atoms with Gasteiger partial charge in [0.25, 0.3) is 5.91 Å². The summed E-state index contributed by atoms with van der Waals surface area (Å²) in [6.45, 7) is 1.97. The summed E-state index contributed by atoms with van der Waals surface area (Å²) in [5.74, 6) is -0.0866. The summed E-state index contributed by atoms with van der Waals surface area (Å²) in [6.07, 6.45) is 0. The maximum absolute atomic E-state index is 12.1. The standard InChI is InChI=1S/C13H14N2OS/c1-9-3-4-12(14-2)11(7-9)13(16)15-10-5-6-17-8-10/h3-8,14H,1-2H3,(H,15,16). The van der Waals surface area contributed by atoms with Gasteiger partial charge < -0.3 is 10.6 Å². The van der Waals surface area contributed by atoms with Crippen molar-refractivity contribution in [2.24, 2.45) is 0 Å². The van der Waals surface area contributed by atoms with Crippen LogP contribution in [0.5, 0.6) is 0 Å². The van der Waals surface area contributed by atoms with E-state index >= 15 is 0 Å². The Balaban J connectivity index is 2.26. The summed E-state index contributed by atoms with van der Waals surface area (Å²) in [5.41, 5.74) is 3.41. The van der Waals surface area contributed by atoms with Crippen molar-refractivity contribution in [1.82, 2.24) is 0 Å². The average molecular weight is 246 g/mol. The van der Waals surface area contributed by atoms with Gasteiger partial charge in [-0.2, -0.15) is 11.3 Å². The van der Waals surface area contributed by atoms with E-state index in [2.05, 4.69) is 10.6 Å². The highest BCUT2D eigenvalue weighted by Gasteiger charge is 2.11. The number of carbonyl (C=O) groups excluding carboxylic acids is 1. The van der Waals surface area contributed by atoms with Gasteiger partial charge in [0.2, 0.25) is 0 Å². The maximum Gasteiger partial charge on any atom is 0.257 e. The molecule has 0 radical (unpaired) electrons. The molecule has 0 fully saturated rings. The summed E-state index contributed by atoms with van der Waals surface area (Å²) in [7, 11) is 1.81. The third-order valence-electron chi connectivity index (χ3n) is 2.47. The van der Waals surface area contributed by atoms with Gasteiger partial charge in [-0.25, -0.2) is 0 Å². The molecule has 1 aromatic carbocycles. The number of amides is 1. The zero-order valence-corrected chi connectivity index (χ0v) is 10.6. The first-order valence-corrected chi connectivity index (χ1v) is 6.27. The van der Waals surface area contributed by atoms with Crippen LogP contribution < -0.4 is 10.6 Å². The van der Waals surface area contributed by atoms with Crippen LogP contribution >= 0.6 is 11.3 Å². The first kappa shape index (κ1) is 11.7. The number of carbonyl (C=O) groups is 1. The molecule has 17 heavy (non-hydrogen) atoms. The van der Waals surface area contributed by atoms with E-state index in [0.29, 0.717) is 5.56 Å². The van der Waals surface area contributed by atoms with Crippen molar-refractivity contribution in [3.8, 4) is 0 Å². The van der Waals surface area contributed by atoms with Crippen molar-refractivity contribution < 1.29 is 4.79 Å². The smallest absolute Gasteiger partial charge is 0.257 e. The van der Waals surface area contributed by atoms with Crippen LogP contribution in [0.15, 0.2) is 35.0 Å². The molecule has 0 aliphatic rings. The van der Waals surface area contributed by atoms with E-state index < -0.39 is 0 Å². The van der Waals surface area contributed by atoms with Crippen LogP contribution in [0, 0.1) is 6.92 Å². The highest BCUT2D eigenvalue weighted by molar-refractivity contribution is 7.08. The lowest BCUT2D eigenvalue weighted by atomic mass is 10.1. The molecule has 0 aliphatic heterocycles. The van der Waals surface area contributed by atoms with Gasteiger partial charge in [-0.15, -0.1) is 0 Å². The second-order valence-electron chi connectivity index (χ2n) is 3.77. The van der Waals surface area contributed by atoms with Crippen molar-refractivity contribution in [3.63, 3.8) is 0 Å². The van der Waals surface area contributed by atoms with E-state index in [1.165, 1.54) is 0 Å². The first-order valence-electron chi connectivity index (χ1n) is 5.32. The number of thiophene rings is 1. The molecule has 2 aromatic rings. The molecule has 1 aromatic heterocycles. The fourth-order valence-electron chi connectivity index (χ4n) is 1.60. The Morgan fingerprint density at radius 1 is 1.29 bits per heavy atom. The lowest BCUT2D eigenvalue weighted by Gasteiger charge is -2.09. The van der Waals surface area contributed by atoms with Gasteiger partial charge in [-0.3, -0.25) is 4.79 Å². The molecular formula is C13H14N2OS. The van der Waals surface area contributed by atoms with Crippen LogP contribution in [0.25, 0.3) is 0 Å². The van der Waals surface area contributed by atoms with Gasteiger partial charge >= 0.3 is 0 Å². The summed E-state index contributed by atoms with van der Waals surface area (Å²) in [6, 6.07) is 7.66. The Hall–Kier alpha value is -1.81. The maximum atomic E-state index is 12.1. The van der Waals surface area contributed by atoms with Crippen LogP contribution in [0.3, 0.4) is 0 Å². The Bertz CT molecular complexity index is 520. The minimum atomic E-state index is -0.0866. The molecule has 88 valence electrons. The van der Waals surface area contributed by atoms with Gasteiger partial charge in [0.05, 0.1) is 11.3 Å². The highest BCUT2D eigenvalue weighted by atomic mass is 32.1. The summed E-state index contributed by atoms with van der Waals surface area (Å²) >= 11 is 1.56. The minimum absolute atomic E-state index is 0.0866. The van der Waals surface area contributed by atoms with Gasteiger partial charge in [-0.05, 0) is 30.5 Å². The molecule has 0 aliphatic carbocycles. The molecule has 1 amide bonds. The SMILES string of the molecule is CNc1ccc(C)cc1C(=O)Nc1ccsc1. The van der Waals surface area contributed by atoms with Gasteiger partial charge in [0.15, 0.2) is 0 Å². The van der Waals surface area contributed by atoms with E-state index in [0.717, 1.165) is 16.9 Å². The molecule has 2 N–H and O–H groups in total. The predicted molar refractivity (Wildman–Crippen MR) is 73.0 cm³/mol. The zero-order valence-electron chi connectivity index (χ0n) is 9.78. The fraction of sp³-hybridized carbons (Fsp3) is 0.154. The molecule has 0 unspecified atom stereocenters. The molecular weight excluding hydrogens is 232 g/mol. The van der Waals surface area contributed by atoms with Gasteiger partial charge in [0.1, 0.15) is 0 Å². The fourth-order valence-corrected chi connectivity index (χ4v) is 2.19. The van der Waals surface area contributed by atoms with E-state index in [-0.39, 0.29) is 5.91 Å². The van der Waals surface area contributed by atoms with Crippen LogP contribution in [-0.4, -0.2) is 13.0 Å². The first-order chi connectivity index (χ1) is 8.20. The van der Waals surface area contributed by atoms with E-state index in [1.807, 2.05) is 49.0 Å². The molecule has 1 heterocycles. The molecule has 0 saturated carbocycles. The Labute approximate surface area is 104 Å². The van der Waals surface area contributed by atoms with Crippen LogP contribution in [0.4, 0.5) is 11.4 Å².